The van der Waals surface area contributed by atoms with Crippen LogP contribution in [-0.4, -0.2) is 91.1 Å². The Morgan fingerprint density at radius 1 is 1.13 bits per heavy atom. The normalized spacial score (nSPS) is 17.6. The number of imidazole rings is 1. The number of carboxylic acid groups (broad SMARTS) is 1. The van der Waals surface area contributed by atoms with Crippen LogP contribution in [-0.2, 0) is 32.0 Å². The van der Waals surface area contributed by atoms with Gasteiger partial charge in [-0.1, -0.05) is 18.2 Å². The maximum absolute atomic E-state index is 13.3. The van der Waals surface area contributed by atoms with Gasteiger partial charge in [-0.25, -0.2) is 9.78 Å². The van der Waals surface area contributed by atoms with E-state index in [2.05, 4.69) is 25.6 Å². The average Bonchev–Trinajstić information content (AvgIpc) is 3.68. The second-order valence-electron chi connectivity index (χ2n) is 9.28. The zero-order valence-electron chi connectivity index (χ0n) is 20.6. The first-order valence-corrected chi connectivity index (χ1v) is 12.3. The van der Waals surface area contributed by atoms with Crippen LogP contribution in [0.5, 0.6) is 0 Å². The number of carbonyl (C=O) groups is 4. The van der Waals surface area contributed by atoms with E-state index in [0.29, 0.717) is 25.1 Å². The maximum Gasteiger partial charge on any atom is 0.326 e. The smallest absolute Gasteiger partial charge is 0.326 e. The zero-order valence-corrected chi connectivity index (χ0v) is 20.6. The molecule has 38 heavy (non-hydrogen) atoms. The minimum Gasteiger partial charge on any atom is -0.480 e. The van der Waals surface area contributed by atoms with Crippen molar-refractivity contribution in [1.82, 2.24) is 30.5 Å². The number of carbonyl (C=O) groups excluding carboxylic acids is 3. The molecule has 3 heterocycles. The molecule has 13 nitrogen and oxygen atoms in total. The third-order valence-electron chi connectivity index (χ3n) is 6.68. The number of aliphatic hydroxyl groups excluding tert-OH is 1. The molecule has 3 amide bonds. The number of aliphatic hydroxyl groups is 1. The first-order valence-electron chi connectivity index (χ1n) is 12.3. The summed E-state index contributed by atoms with van der Waals surface area (Å²) >= 11 is 0. The van der Waals surface area contributed by atoms with Crippen molar-refractivity contribution >= 4 is 34.6 Å². The number of nitrogens with zero attached hydrogens (tertiary/aromatic N) is 2. The summed E-state index contributed by atoms with van der Waals surface area (Å²) in [7, 11) is 0. The largest absolute Gasteiger partial charge is 0.480 e. The van der Waals surface area contributed by atoms with Gasteiger partial charge in [-0.2, -0.15) is 0 Å². The fourth-order valence-electron chi connectivity index (χ4n) is 4.68. The van der Waals surface area contributed by atoms with E-state index < -0.39 is 54.5 Å². The summed E-state index contributed by atoms with van der Waals surface area (Å²) in [5, 5.41) is 25.2. The van der Waals surface area contributed by atoms with Crippen molar-refractivity contribution in [2.24, 2.45) is 5.73 Å². The number of likely N-dealkylation sites (tertiary alicyclic amines) is 1. The fraction of sp³-hybridized carbons (Fsp3) is 0.400. The van der Waals surface area contributed by atoms with E-state index in [-0.39, 0.29) is 12.8 Å². The lowest BCUT2D eigenvalue weighted by Gasteiger charge is -2.28. The van der Waals surface area contributed by atoms with Crippen LogP contribution in [0.3, 0.4) is 0 Å². The molecule has 0 aliphatic carbocycles. The predicted molar refractivity (Wildman–Crippen MR) is 136 cm³/mol. The number of nitrogens with one attached hydrogen (secondary N) is 4. The molecule has 1 aliphatic heterocycles. The molecular formula is C25H31N7O6. The SMILES string of the molecule is NC(CO)C(=O)N1CCCC1C(=O)NC(Cc1cnc[nH]1)C(=O)NC(Cc1c[nH]c2ccccc12)C(=O)O. The van der Waals surface area contributed by atoms with Crippen LogP contribution >= 0.6 is 0 Å². The second-order valence-corrected chi connectivity index (χ2v) is 9.28. The molecule has 2 aromatic heterocycles. The third-order valence-corrected chi connectivity index (χ3v) is 6.68. The highest BCUT2D eigenvalue weighted by atomic mass is 16.4. The van der Waals surface area contributed by atoms with E-state index in [1.807, 2.05) is 24.3 Å². The van der Waals surface area contributed by atoms with Crippen molar-refractivity contribution in [2.75, 3.05) is 13.2 Å². The highest BCUT2D eigenvalue weighted by Gasteiger charge is 2.38. The highest BCUT2D eigenvalue weighted by molar-refractivity contribution is 5.94. The molecule has 0 radical (unpaired) electrons. The monoisotopic (exact) mass is 525 g/mol. The molecule has 0 spiro atoms. The van der Waals surface area contributed by atoms with Gasteiger partial charge >= 0.3 is 5.97 Å². The molecule has 202 valence electrons. The van der Waals surface area contributed by atoms with Gasteiger partial charge in [0.2, 0.25) is 17.7 Å². The molecule has 3 aromatic rings. The van der Waals surface area contributed by atoms with Crippen LogP contribution in [0.15, 0.2) is 43.0 Å². The van der Waals surface area contributed by atoms with Crippen molar-refractivity contribution < 1.29 is 29.4 Å². The number of nitrogens with two attached hydrogens (primary N) is 1. The summed E-state index contributed by atoms with van der Waals surface area (Å²) in [6.07, 6.45) is 5.61. The van der Waals surface area contributed by atoms with Crippen molar-refractivity contribution in [1.29, 1.82) is 0 Å². The fourth-order valence-corrected chi connectivity index (χ4v) is 4.68. The van der Waals surface area contributed by atoms with Crippen LogP contribution < -0.4 is 16.4 Å². The lowest BCUT2D eigenvalue weighted by molar-refractivity contribution is -0.143. The molecule has 1 saturated heterocycles. The molecular weight excluding hydrogens is 494 g/mol. The predicted octanol–water partition coefficient (Wildman–Crippen LogP) is -0.959. The minimum absolute atomic E-state index is 0.0216. The molecule has 0 saturated carbocycles. The number of rotatable bonds is 11. The van der Waals surface area contributed by atoms with E-state index in [9.17, 15) is 29.4 Å². The molecule has 4 unspecified atom stereocenters. The summed E-state index contributed by atoms with van der Waals surface area (Å²) in [4.78, 5) is 62.3. The summed E-state index contributed by atoms with van der Waals surface area (Å²) < 4.78 is 0. The Balaban J connectivity index is 1.50. The molecule has 1 aliphatic rings. The number of aliphatic carboxylic acids is 1. The van der Waals surface area contributed by atoms with Crippen LogP contribution in [0.25, 0.3) is 10.9 Å². The lowest BCUT2D eigenvalue weighted by atomic mass is 10.0. The Hall–Kier alpha value is -4.23. The number of hydrogen-bond donors (Lipinski definition) is 7. The quantitative estimate of drug-likeness (QED) is 0.166. The van der Waals surface area contributed by atoms with Crippen molar-refractivity contribution in [2.45, 2.75) is 49.9 Å². The third kappa shape index (κ3) is 6.01. The molecule has 8 N–H and O–H groups in total. The summed E-state index contributed by atoms with van der Waals surface area (Å²) in [6, 6.07) is 3.03. The van der Waals surface area contributed by atoms with Gasteiger partial charge in [0.05, 0.1) is 12.9 Å². The van der Waals surface area contributed by atoms with Gasteiger partial charge in [0.1, 0.15) is 24.2 Å². The average molecular weight is 526 g/mol. The van der Waals surface area contributed by atoms with E-state index in [4.69, 9.17) is 5.73 Å². The van der Waals surface area contributed by atoms with Gasteiger partial charge in [-0.05, 0) is 24.5 Å². The van der Waals surface area contributed by atoms with Crippen LogP contribution in [0.2, 0.25) is 0 Å². The molecule has 4 atom stereocenters. The van der Waals surface area contributed by atoms with E-state index in [0.717, 1.165) is 16.5 Å². The summed E-state index contributed by atoms with van der Waals surface area (Å²) in [6.45, 7) is -0.255. The number of H-pyrrole nitrogens is 2. The number of benzene rings is 1. The molecule has 1 fully saturated rings. The Morgan fingerprint density at radius 2 is 1.92 bits per heavy atom. The molecule has 13 heteroatoms. The van der Waals surface area contributed by atoms with Crippen molar-refractivity contribution in [3.8, 4) is 0 Å². The van der Waals surface area contributed by atoms with Crippen molar-refractivity contribution in [3.05, 3.63) is 54.2 Å². The first kappa shape index (κ1) is 26.8. The van der Waals surface area contributed by atoms with Crippen LogP contribution in [0, 0.1) is 0 Å². The Morgan fingerprint density at radius 3 is 2.63 bits per heavy atom. The lowest BCUT2D eigenvalue weighted by Crippen LogP contribution is -2.57. The van der Waals surface area contributed by atoms with Crippen molar-refractivity contribution in [3.63, 3.8) is 0 Å². The molecule has 4 rings (SSSR count). The van der Waals surface area contributed by atoms with Crippen LogP contribution in [0.4, 0.5) is 0 Å². The molecule has 1 aromatic carbocycles. The Labute approximate surface area is 217 Å². The number of aromatic nitrogens is 3. The molecule has 0 bridgehead atoms. The van der Waals surface area contributed by atoms with Gasteiger partial charge < -0.3 is 41.4 Å². The standard InChI is InChI=1S/C25H31N7O6/c26-17(12-33)24(36)32-7-3-6-21(32)23(35)30-19(9-15-11-27-13-29-15)22(34)31-20(25(37)38)8-14-10-28-18-5-2-1-4-16(14)18/h1-2,4-5,10-11,13,17,19-21,28,33H,3,6-9,12,26H2,(H,27,29)(H,30,35)(H,31,34)(H,37,38). The number of para-hydroxylation sites is 1. The number of amides is 3. The first-order chi connectivity index (χ1) is 18.3. The Kier molecular flexibility index (Phi) is 8.38. The van der Waals surface area contributed by atoms with Gasteiger partial charge in [0.15, 0.2) is 0 Å². The number of hydrogen-bond acceptors (Lipinski definition) is 7. The zero-order chi connectivity index (χ0) is 27.2. The number of fused-ring (bicyclic) bond motifs is 1. The van der Waals surface area contributed by atoms with E-state index in [1.165, 1.54) is 17.4 Å². The minimum atomic E-state index is -1.25. The number of carboxylic acids is 1. The van der Waals surface area contributed by atoms with Gasteiger partial charge in [0, 0.05) is 48.4 Å². The van der Waals surface area contributed by atoms with Crippen LogP contribution in [0.1, 0.15) is 24.1 Å². The summed E-state index contributed by atoms with van der Waals surface area (Å²) in [5.41, 5.74) is 7.79. The van der Waals surface area contributed by atoms with Gasteiger partial charge in [-0.3, -0.25) is 14.4 Å². The number of aromatic amines is 2. The summed E-state index contributed by atoms with van der Waals surface area (Å²) in [5.74, 6) is -3.03. The van der Waals surface area contributed by atoms with Gasteiger partial charge in [0.25, 0.3) is 0 Å². The van der Waals surface area contributed by atoms with E-state index >= 15 is 0 Å². The Bertz CT molecular complexity index is 1290. The second kappa shape index (κ2) is 11.9. The maximum atomic E-state index is 13.3. The van der Waals surface area contributed by atoms with E-state index in [1.54, 1.807) is 6.20 Å². The van der Waals surface area contributed by atoms with Gasteiger partial charge in [-0.15, -0.1) is 0 Å². The topological polar surface area (TPSA) is 207 Å². The highest BCUT2D eigenvalue weighted by Crippen LogP contribution is 2.20.